The van der Waals surface area contributed by atoms with Crippen molar-refractivity contribution < 1.29 is 4.42 Å². The largest absolute Gasteiger partial charge is 0.455 e. The predicted octanol–water partition coefficient (Wildman–Crippen LogP) is 13.7. The van der Waals surface area contributed by atoms with Gasteiger partial charge in [-0.25, -0.2) is 9.97 Å². The maximum atomic E-state index is 6.73. The Morgan fingerprint density at radius 2 is 0.860 bits per heavy atom. The summed E-state index contributed by atoms with van der Waals surface area (Å²) < 4.78 is 11.5. The molecule has 0 saturated heterocycles. The zero-order valence-electron chi connectivity index (χ0n) is 30.5. The minimum absolute atomic E-state index is 0.758. The van der Waals surface area contributed by atoms with Crippen molar-refractivity contribution in [2.75, 3.05) is 0 Å². The highest BCUT2D eigenvalue weighted by Gasteiger charge is 2.25. The molecule has 0 saturated carbocycles. The van der Waals surface area contributed by atoms with Crippen LogP contribution in [-0.2, 0) is 0 Å². The number of furan rings is 1. The van der Waals surface area contributed by atoms with Gasteiger partial charge in [-0.3, -0.25) is 4.57 Å². The standard InChI is InChI=1S/C52H30N4O/c1-2-15-31(16-3-1)55-43-26-11-8-19-34(43)41-30-46-42(29-45(41)55)35-20-9-12-27-44(35)56(46)52-50(40-25-14-24-39-36-21-10-13-28-47(36)57-51(39)40)53-48-37-22-6-4-17-32(37)33-18-5-7-23-38(33)49(48)54-52/h1-30H. The quantitative estimate of drug-likeness (QED) is 0.170. The Labute approximate surface area is 325 Å². The predicted molar refractivity (Wildman–Crippen MR) is 236 cm³/mol. The smallest absolute Gasteiger partial charge is 0.165 e. The van der Waals surface area contributed by atoms with E-state index in [1.54, 1.807) is 0 Å². The summed E-state index contributed by atoms with van der Waals surface area (Å²) in [4.78, 5) is 11.5. The first-order valence-electron chi connectivity index (χ1n) is 19.3. The van der Waals surface area contributed by atoms with Crippen LogP contribution in [0.1, 0.15) is 0 Å². The molecule has 57 heavy (non-hydrogen) atoms. The molecule has 0 N–H and O–H groups in total. The molecule has 13 aromatic rings. The van der Waals surface area contributed by atoms with E-state index in [4.69, 9.17) is 14.4 Å². The van der Waals surface area contributed by atoms with E-state index >= 15 is 0 Å². The summed E-state index contributed by atoms with van der Waals surface area (Å²) in [5.41, 5.74) is 10.6. The third-order valence-electron chi connectivity index (χ3n) is 11.9. The zero-order valence-corrected chi connectivity index (χ0v) is 30.5. The molecule has 0 radical (unpaired) electrons. The number of nitrogens with zero attached hydrogens (tertiary/aromatic N) is 4. The van der Waals surface area contributed by atoms with E-state index in [1.807, 2.05) is 12.1 Å². The van der Waals surface area contributed by atoms with Gasteiger partial charge in [0.15, 0.2) is 5.82 Å². The van der Waals surface area contributed by atoms with Gasteiger partial charge in [0.25, 0.3) is 0 Å². The first kappa shape index (κ1) is 30.6. The van der Waals surface area contributed by atoms with E-state index in [2.05, 4.69) is 179 Å². The minimum atomic E-state index is 0.758. The van der Waals surface area contributed by atoms with Crippen molar-refractivity contribution in [3.05, 3.63) is 182 Å². The van der Waals surface area contributed by atoms with Crippen LogP contribution in [0, 0.1) is 0 Å². The highest BCUT2D eigenvalue weighted by molar-refractivity contribution is 6.24. The van der Waals surface area contributed by atoms with Gasteiger partial charge in [0, 0.05) is 54.3 Å². The van der Waals surface area contributed by atoms with E-state index in [9.17, 15) is 0 Å². The number of rotatable bonds is 3. The fourth-order valence-corrected chi connectivity index (χ4v) is 9.44. The van der Waals surface area contributed by atoms with Crippen molar-refractivity contribution in [2.24, 2.45) is 0 Å². The van der Waals surface area contributed by atoms with Gasteiger partial charge in [0.05, 0.1) is 33.1 Å². The van der Waals surface area contributed by atoms with Crippen LogP contribution in [0.25, 0.3) is 121 Å². The van der Waals surface area contributed by atoms with Gasteiger partial charge in [-0.2, -0.15) is 0 Å². The number of para-hydroxylation sites is 5. The first-order valence-corrected chi connectivity index (χ1v) is 19.3. The summed E-state index contributed by atoms with van der Waals surface area (Å²) in [6, 6.07) is 64.6. The van der Waals surface area contributed by atoms with Gasteiger partial charge in [-0.05, 0) is 59.3 Å². The Bertz CT molecular complexity index is 3810. The van der Waals surface area contributed by atoms with Crippen LogP contribution in [0.15, 0.2) is 186 Å². The summed E-state index contributed by atoms with van der Waals surface area (Å²) in [6.45, 7) is 0. The van der Waals surface area contributed by atoms with Crippen molar-refractivity contribution in [1.29, 1.82) is 0 Å². The Morgan fingerprint density at radius 1 is 0.351 bits per heavy atom. The molecule has 0 bridgehead atoms. The number of fused-ring (bicyclic) bond motifs is 15. The molecule has 5 nitrogen and oxygen atoms in total. The van der Waals surface area contributed by atoms with Crippen LogP contribution in [0.5, 0.6) is 0 Å². The monoisotopic (exact) mass is 726 g/mol. The molecule has 0 spiro atoms. The molecule has 0 aliphatic heterocycles. The van der Waals surface area contributed by atoms with Crippen molar-refractivity contribution in [3.8, 4) is 22.8 Å². The van der Waals surface area contributed by atoms with Crippen LogP contribution in [0.2, 0.25) is 0 Å². The normalized spacial score (nSPS) is 12.2. The lowest BCUT2D eigenvalue weighted by molar-refractivity contribution is 0.669. The van der Waals surface area contributed by atoms with Crippen LogP contribution in [-0.4, -0.2) is 19.1 Å². The van der Waals surface area contributed by atoms with Crippen molar-refractivity contribution in [3.63, 3.8) is 0 Å². The molecule has 0 unspecified atom stereocenters. The summed E-state index contributed by atoms with van der Waals surface area (Å²) >= 11 is 0. The lowest BCUT2D eigenvalue weighted by atomic mass is 9.99. The molecule has 5 heteroatoms. The lowest BCUT2D eigenvalue weighted by Gasteiger charge is -2.16. The number of benzene rings is 9. The fraction of sp³-hybridized carbons (Fsp3) is 0. The van der Waals surface area contributed by atoms with E-state index in [-0.39, 0.29) is 0 Å². The van der Waals surface area contributed by atoms with Crippen LogP contribution in [0.3, 0.4) is 0 Å². The van der Waals surface area contributed by atoms with Gasteiger partial charge < -0.3 is 8.98 Å². The third-order valence-corrected chi connectivity index (χ3v) is 11.9. The summed E-state index contributed by atoms with van der Waals surface area (Å²) in [5.74, 6) is 0.758. The number of hydrogen-bond acceptors (Lipinski definition) is 3. The third kappa shape index (κ3) is 4.17. The molecular formula is C52H30N4O. The average molecular weight is 727 g/mol. The van der Waals surface area contributed by atoms with Crippen molar-refractivity contribution >= 4 is 98.1 Å². The average Bonchev–Trinajstić information content (AvgIpc) is 3.93. The summed E-state index contributed by atoms with van der Waals surface area (Å²) in [7, 11) is 0. The Kier molecular flexibility index (Phi) is 6.10. The van der Waals surface area contributed by atoms with Crippen LogP contribution < -0.4 is 0 Å². The second-order valence-corrected chi connectivity index (χ2v) is 14.9. The minimum Gasteiger partial charge on any atom is -0.455 e. The van der Waals surface area contributed by atoms with E-state index in [0.29, 0.717) is 0 Å². The Balaban J connectivity index is 1.23. The van der Waals surface area contributed by atoms with Crippen LogP contribution >= 0.6 is 0 Å². The molecule has 264 valence electrons. The molecule has 13 rings (SSSR count). The van der Waals surface area contributed by atoms with Gasteiger partial charge in [-0.15, -0.1) is 0 Å². The molecule has 0 amide bonds. The Hall–Kier alpha value is -7.76. The Morgan fingerprint density at radius 3 is 1.54 bits per heavy atom. The highest BCUT2D eigenvalue weighted by Crippen LogP contribution is 2.44. The second-order valence-electron chi connectivity index (χ2n) is 14.9. The van der Waals surface area contributed by atoms with Crippen LogP contribution in [0.4, 0.5) is 0 Å². The number of aromatic nitrogens is 4. The topological polar surface area (TPSA) is 48.8 Å². The molecule has 0 atom stereocenters. The van der Waals surface area contributed by atoms with Gasteiger partial charge in [0.1, 0.15) is 16.9 Å². The lowest BCUT2D eigenvalue weighted by Crippen LogP contribution is -2.04. The molecule has 0 aliphatic rings. The number of hydrogen-bond donors (Lipinski definition) is 0. The van der Waals surface area contributed by atoms with Crippen molar-refractivity contribution in [2.45, 2.75) is 0 Å². The highest BCUT2D eigenvalue weighted by atomic mass is 16.3. The maximum absolute atomic E-state index is 6.73. The van der Waals surface area contributed by atoms with E-state index in [0.717, 1.165) is 105 Å². The summed E-state index contributed by atoms with van der Waals surface area (Å²) in [6.07, 6.45) is 0. The SMILES string of the molecule is c1ccc(-n2c3ccccc3c3cc4c(cc32)c2ccccc2n4-c2nc3c4ccccc4c4ccccc4c3nc2-c2cccc3c2oc2ccccc23)cc1. The van der Waals surface area contributed by atoms with Gasteiger partial charge >= 0.3 is 0 Å². The van der Waals surface area contributed by atoms with Gasteiger partial charge in [-0.1, -0.05) is 133 Å². The molecule has 0 fully saturated rings. The molecular weight excluding hydrogens is 697 g/mol. The zero-order chi connectivity index (χ0) is 37.2. The second kappa shape index (κ2) is 11.4. The maximum Gasteiger partial charge on any atom is 0.165 e. The molecule has 4 aromatic heterocycles. The molecule has 0 aliphatic carbocycles. The van der Waals surface area contributed by atoms with Gasteiger partial charge in [0.2, 0.25) is 0 Å². The van der Waals surface area contributed by atoms with Crippen molar-refractivity contribution in [1.82, 2.24) is 19.1 Å². The molecule has 4 heterocycles. The first-order chi connectivity index (χ1) is 28.3. The molecule has 9 aromatic carbocycles. The van der Waals surface area contributed by atoms with E-state index in [1.165, 1.54) is 16.3 Å². The fourth-order valence-electron chi connectivity index (χ4n) is 9.44. The van der Waals surface area contributed by atoms with E-state index < -0.39 is 0 Å². The summed E-state index contributed by atoms with van der Waals surface area (Å²) in [5, 5.41) is 11.3.